The number of hydrogen-bond donors (Lipinski definition) is 2. The lowest BCUT2D eigenvalue weighted by Gasteiger charge is -2.17. The Kier molecular flexibility index (Phi) is 4.48. The van der Waals surface area contributed by atoms with Crippen molar-refractivity contribution in [3.63, 3.8) is 0 Å². The predicted molar refractivity (Wildman–Crippen MR) is 79.4 cm³/mol. The van der Waals surface area contributed by atoms with Crippen LogP contribution in [0.5, 0.6) is 0 Å². The van der Waals surface area contributed by atoms with Gasteiger partial charge in [-0.2, -0.15) is 0 Å². The Morgan fingerprint density at radius 2 is 2.10 bits per heavy atom. The average molecular weight is 340 g/mol. The van der Waals surface area contributed by atoms with Crippen LogP contribution in [0.2, 0.25) is 0 Å². The number of carboxylic acids is 1. The number of aliphatic carboxylic acids is 1. The third kappa shape index (κ3) is 3.39. The molecule has 3 atom stereocenters. The fourth-order valence-electron chi connectivity index (χ4n) is 2.36. The highest BCUT2D eigenvalue weighted by Gasteiger charge is 2.45. The lowest BCUT2D eigenvalue weighted by Crippen LogP contribution is -2.45. The molecular formula is C15H18BrNO3. The van der Waals surface area contributed by atoms with Gasteiger partial charge >= 0.3 is 5.97 Å². The normalized spacial score (nSPS) is 22.4. The van der Waals surface area contributed by atoms with Crippen molar-refractivity contribution in [1.29, 1.82) is 0 Å². The van der Waals surface area contributed by atoms with E-state index < -0.39 is 12.0 Å². The first-order valence-corrected chi connectivity index (χ1v) is 7.48. The molecule has 108 valence electrons. The van der Waals surface area contributed by atoms with Gasteiger partial charge in [-0.15, -0.1) is 0 Å². The van der Waals surface area contributed by atoms with Crippen LogP contribution in [0.1, 0.15) is 31.7 Å². The number of carboxylic acid groups (broad SMARTS) is 1. The Bertz CT molecular complexity index is 530. The van der Waals surface area contributed by atoms with Crippen LogP contribution >= 0.6 is 15.9 Å². The van der Waals surface area contributed by atoms with Gasteiger partial charge in [0.1, 0.15) is 6.04 Å². The molecule has 20 heavy (non-hydrogen) atoms. The minimum Gasteiger partial charge on any atom is -0.480 e. The third-order valence-corrected chi connectivity index (χ3v) is 4.13. The van der Waals surface area contributed by atoms with Crippen LogP contribution in [0, 0.1) is 11.8 Å². The van der Waals surface area contributed by atoms with Crippen LogP contribution in [0.3, 0.4) is 0 Å². The molecule has 2 N–H and O–H groups in total. The zero-order valence-electron chi connectivity index (χ0n) is 11.5. The Labute approximate surface area is 126 Å². The summed E-state index contributed by atoms with van der Waals surface area (Å²) in [6, 6.07) is 7.09. The van der Waals surface area contributed by atoms with Gasteiger partial charge in [-0.25, -0.2) is 4.79 Å². The number of benzene rings is 1. The maximum atomic E-state index is 12.1. The minimum absolute atomic E-state index is 0.107. The molecule has 4 nitrogen and oxygen atoms in total. The number of amides is 1. The van der Waals surface area contributed by atoms with Crippen molar-refractivity contribution in [3.8, 4) is 0 Å². The van der Waals surface area contributed by atoms with Gasteiger partial charge in [0.05, 0.1) is 0 Å². The van der Waals surface area contributed by atoms with E-state index in [1.165, 1.54) is 0 Å². The molecule has 0 spiro atoms. The molecule has 0 radical (unpaired) electrons. The van der Waals surface area contributed by atoms with Crippen LogP contribution in [0.4, 0.5) is 0 Å². The smallest absolute Gasteiger partial charge is 0.326 e. The van der Waals surface area contributed by atoms with E-state index in [0.717, 1.165) is 16.5 Å². The zero-order valence-corrected chi connectivity index (χ0v) is 13.1. The summed E-state index contributed by atoms with van der Waals surface area (Å²) >= 11 is 3.42. The molecule has 5 heteroatoms. The van der Waals surface area contributed by atoms with Crippen molar-refractivity contribution in [3.05, 3.63) is 34.3 Å². The van der Waals surface area contributed by atoms with Crippen LogP contribution in [-0.2, 0) is 9.59 Å². The monoisotopic (exact) mass is 339 g/mol. The summed E-state index contributed by atoms with van der Waals surface area (Å²) in [6.45, 7) is 3.58. The summed E-state index contributed by atoms with van der Waals surface area (Å²) in [4.78, 5) is 23.2. The molecule has 1 aliphatic rings. The van der Waals surface area contributed by atoms with Gasteiger partial charge in [-0.1, -0.05) is 41.9 Å². The van der Waals surface area contributed by atoms with Gasteiger partial charge in [-0.05, 0) is 36.0 Å². The van der Waals surface area contributed by atoms with E-state index in [9.17, 15) is 9.59 Å². The molecule has 1 amide bonds. The predicted octanol–water partition coefficient (Wildman–Crippen LogP) is 2.78. The van der Waals surface area contributed by atoms with Crippen molar-refractivity contribution < 1.29 is 14.7 Å². The van der Waals surface area contributed by atoms with E-state index in [4.69, 9.17) is 5.11 Å². The molecule has 0 aliphatic heterocycles. The number of rotatable bonds is 5. The van der Waals surface area contributed by atoms with Gasteiger partial charge < -0.3 is 10.4 Å². The Morgan fingerprint density at radius 1 is 1.40 bits per heavy atom. The molecule has 1 fully saturated rings. The summed E-state index contributed by atoms with van der Waals surface area (Å²) in [5, 5.41) is 11.7. The fourth-order valence-corrected chi connectivity index (χ4v) is 2.78. The number of nitrogens with one attached hydrogen (secondary N) is 1. The van der Waals surface area contributed by atoms with Crippen LogP contribution < -0.4 is 5.32 Å². The van der Waals surface area contributed by atoms with E-state index in [1.54, 1.807) is 13.8 Å². The van der Waals surface area contributed by atoms with E-state index in [1.807, 2.05) is 24.3 Å². The Hall–Kier alpha value is -1.36. The molecule has 0 aromatic heterocycles. The van der Waals surface area contributed by atoms with Crippen LogP contribution in [-0.4, -0.2) is 23.0 Å². The van der Waals surface area contributed by atoms with Crippen LogP contribution in [0.15, 0.2) is 28.7 Å². The SMILES string of the molecule is CC(C)C(NC(=O)C1CC1c1cccc(Br)c1)C(=O)O. The number of hydrogen-bond acceptors (Lipinski definition) is 2. The topological polar surface area (TPSA) is 66.4 Å². The molecule has 1 saturated carbocycles. The van der Waals surface area contributed by atoms with Crippen molar-refractivity contribution in [2.24, 2.45) is 11.8 Å². The molecule has 1 aromatic rings. The number of halogens is 1. The van der Waals surface area contributed by atoms with Gasteiger partial charge in [0.25, 0.3) is 0 Å². The minimum atomic E-state index is -0.979. The van der Waals surface area contributed by atoms with Crippen molar-refractivity contribution in [1.82, 2.24) is 5.32 Å². The molecule has 1 aliphatic carbocycles. The molecular weight excluding hydrogens is 322 g/mol. The molecule has 0 bridgehead atoms. The zero-order chi connectivity index (χ0) is 14.9. The van der Waals surface area contributed by atoms with Crippen molar-refractivity contribution >= 4 is 27.8 Å². The van der Waals surface area contributed by atoms with Gasteiger partial charge in [0.15, 0.2) is 0 Å². The molecule has 0 saturated heterocycles. The summed E-state index contributed by atoms with van der Waals surface area (Å²) in [7, 11) is 0. The van der Waals surface area contributed by atoms with E-state index >= 15 is 0 Å². The van der Waals surface area contributed by atoms with Gasteiger partial charge in [0, 0.05) is 10.4 Å². The summed E-state index contributed by atoms with van der Waals surface area (Å²) in [5.41, 5.74) is 1.12. The maximum Gasteiger partial charge on any atom is 0.326 e. The summed E-state index contributed by atoms with van der Waals surface area (Å²) in [6.07, 6.45) is 0.784. The average Bonchev–Trinajstić information content (AvgIpc) is 3.15. The second-order valence-corrected chi connectivity index (χ2v) is 6.49. The Morgan fingerprint density at radius 3 is 2.65 bits per heavy atom. The van der Waals surface area contributed by atoms with Gasteiger partial charge in [-0.3, -0.25) is 4.79 Å². The molecule has 3 unspecified atom stereocenters. The van der Waals surface area contributed by atoms with Crippen molar-refractivity contribution in [2.75, 3.05) is 0 Å². The fraction of sp³-hybridized carbons (Fsp3) is 0.467. The second kappa shape index (κ2) is 5.95. The van der Waals surface area contributed by atoms with Crippen LogP contribution in [0.25, 0.3) is 0 Å². The quantitative estimate of drug-likeness (QED) is 0.866. The molecule has 1 aromatic carbocycles. The first-order valence-electron chi connectivity index (χ1n) is 6.68. The third-order valence-electron chi connectivity index (χ3n) is 3.63. The Balaban J connectivity index is 1.98. The van der Waals surface area contributed by atoms with E-state index in [0.29, 0.717) is 0 Å². The molecule has 0 heterocycles. The first kappa shape index (κ1) is 15.0. The van der Waals surface area contributed by atoms with E-state index in [-0.39, 0.29) is 23.7 Å². The number of carbonyl (C=O) groups excluding carboxylic acids is 1. The molecule has 2 rings (SSSR count). The lowest BCUT2D eigenvalue weighted by atomic mass is 10.0. The van der Waals surface area contributed by atoms with E-state index in [2.05, 4.69) is 21.2 Å². The van der Waals surface area contributed by atoms with Crippen molar-refractivity contribution in [2.45, 2.75) is 32.2 Å². The lowest BCUT2D eigenvalue weighted by molar-refractivity contribution is -0.143. The highest BCUT2D eigenvalue weighted by molar-refractivity contribution is 9.10. The maximum absolute atomic E-state index is 12.1. The highest BCUT2D eigenvalue weighted by atomic mass is 79.9. The van der Waals surface area contributed by atoms with Gasteiger partial charge in [0.2, 0.25) is 5.91 Å². The summed E-state index contributed by atoms with van der Waals surface area (Å²) in [5.74, 6) is -1.16. The largest absolute Gasteiger partial charge is 0.480 e. The standard InChI is InChI=1S/C15H18BrNO3/c1-8(2)13(15(19)20)17-14(18)12-7-11(12)9-4-3-5-10(16)6-9/h3-6,8,11-13H,7H2,1-2H3,(H,17,18)(H,19,20). The first-order chi connectivity index (χ1) is 9.40. The number of carbonyl (C=O) groups is 2. The second-order valence-electron chi connectivity index (χ2n) is 5.57. The summed E-state index contributed by atoms with van der Waals surface area (Å²) < 4.78 is 0.992. The highest BCUT2D eigenvalue weighted by Crippen LogP contribution is 2.48.